The summed E-state index contributed by atoms with van der Waals surface area (Å²) in [6, 6.07) is 1.41. The molecule has 3 rings (SSSR count). The number of pyridine rings is 1. The molecule has 1 aromatic rings. The molecule has 0 spiro atoms. The molecular weight excluding hydrogens is 246 g/mol. The largest absolute Gasteiger partial charge is 0.478 e. The summed E-state index contributed by atoms with van der Waals surface area (Å²) >= 11 is 0. The van der Waals surface area contributed by atoms with Gasteiger partial charge in [-0.15, -0.1) is 0 Å². The first kappa shape index (κ1) is 12.4. The fourth-order valence-electron chi connectivity index (χ4n) is 3.52. The van der Waals surface area contributed by atoms with E-state index in [0.29, 0.717) is 11.3 Å². The third kappa shape index (κ3) is 1.80. The van der Waals surface area contributed by atoms with Gasteiger partial charge in [-0.1, -0.05) is 0 Å². The quantitative estimate of drug-likeness (QED) is 0.881. The van der Waals surface area contributed by atoms with Crippen molar-refractivity contribution in [1.82, 2.24) is 4.57 Å². The number of hydrogen-bond donors (Lipinski definition) is 1. The number of aromatic nitrogens is 1. The van der Waals surface area contributed by atoms with Crippen molar-refractivity contribution in [2.75, 3.05) is 0 Å². The Kier molecular flexibility index (Phi) is 2.74. The molecule has 0 saturated carbocycles. The van der Waals surface area contributed by atoms with Crippen molar-refractivity contribution in [2.24, 2.45) is 0 Å². The Bertz CT molecular complexity index is 604. The second-order valence-electron chi connectivity index (χ2n) is 5.48. The molecule has 19 heavy (non-hydrogen) atoms. The Labute approximate surface area is 110 Å². The van der Waals surface area contributed by atoms with Gasteiger partial charge in [-0.05, 0) is 38.7 Å². The predicted molar refractivity (Wildman–Crippen MR) is 68.7 cm³/mol. The van der Waals surface area contributed by atoms with Crippen LogP contribution in [0, 0.1) is 13.8 Å². The summed E-state index contributed by atoms with van der Waals surface area (Å²) in [7, 11) is 0. The molecule has 2 fully saturated rings. The first-order valence-electron chi connectivity index (χ1n) is 6.60. The van der Waals surface area contributed by atoms with Crippen molar-refractivity contribution >= 4 is 5.97 Å². The molecule has 0 aliphatic carbocycles. The van der Waals surface area contributed by atoms with Crippen molar-refractivity contribution in [1.29, 1.82) is 0 Å². The fourth-order valence-corrected chi connectivity index (χ4v) is 3.52. The average molecular weight is 263 g/mol. The Morgan fingerprint density at radius 1 is 1.42 bits per heavy atom. The number of hydrogen-bond acceptors (Lipinski definition) is 3. The highest BCUT2D eigenvalue weighted by Gasteiger charge is 2.42. The summed E-state index contributed by atoms with van der Waals surface area (Å²) in [6.45, 7) is 3.38. The lowest BCUT2D eigenvalue weighted by Crippen LogP contribution is -2.33. The van der Waals surface area contributed by atoms with Crippen LogP contribution in [0.15, 0.2) is 10.9 Å². The lowest BCUT2D eigenvalue weighted by molar-refractivity contribution is 0.0691. The van der Waals surface area contributed by atoms with Gasteiger partial charge in [0.05, 0.1) is 23.8 Å². The van der Waals surface area contributed by atoms with Crippen molar-refractivity contribution < 1.29 is 14.6 Å². The normalized spacial score (nSPS) is 28.8. The van der Waals surface area contributed by atoms with Crippen molar-refractivity contribution in [2.45, 2.75) is 51.4 Å². The molecule has 2 aliphatic heterocycles. The maximum atomic E-state index is 12.2. The molecule has 0 radical (unpaired) electrons. The highest BCUT2D eigenvalue weighted by Crippen LogP contribution is 2.41. The number of aryl methyl sites for hydroxylation is 1. The van der Waals surface area contributed by atoms with E-state index < -0.39 is 5.97 Å². The van der Waals surface area contributed by atoms with E-state index in [2.05, 4.69) is 0 Å². The Hall–Kier alpha value is -1.62. The smallest absolute Gasteiger partial charge is 0.337 e. The van der Waals surface area contributed by atoms with Gasteiger partial charge in [-0.3, -0.25) is 4.79 Å². The van der Waals surface area contributed by atoms with Gasteiger partial charge in [0.15, 0.2) is 0 Å². The Balaban J connectivity index is 2.14. The number of carboxylic acid groups (broad SMARTS) is 1. The van der Waals surface area contributed by atoms with Gasteiger partial charge in [0.1, 0.15) is 0 Å². The summed E-state index contributed by atoms with van der Waals surface area (Å²) in [5, 5.41) is 9.29. The van der Waals surface area contributed by atoms with Crippen LogP contribution in [-0.4, -0.2) is 27.9 Å². The fraction of sp³-hybridized carbons (Fsp3) is 0.571. The van der Waals surface area contributed by atoms with Crippen LogP contribution in [0.1, 0.15) is 46.9 Å². The topological polar surface area (TPSA) is 68.5 Å². The second-order valence-corrected chi connectivity index (χ2v) is 5.48. The molecule has 5 heteroatoms. The second kappa shape index (κ2) is 4.20. The van der Waals surface area contributed by atoms with E-state index in [1.54, 1.807) is 18.4 Å². The lowest BCUT2D eigenvalue weighted by Gasteiger charge is -2.24. The van der Waals surface area contributed by atoms with E-state index in [1.165, 1.54) is 6.07 Å². The maximum Gasteiger partial charge on any atom is 0.337 e. The summed E-state index contributed by atoms with van der Waals surface area (Å²) in [5.74, 6) is -0.979. The first-order chi connectivity index (χ1) is 8.99. The van der Waals surface area contributed by atoms with Crippen molar-refractivity contribution in [3.05, 3.63) is 33.2 Å². The summed E-state index contributed by atoms with van der Waals surface area (Å²) < 4.78 is 7.40. The zero-order chi connectivity index (χ0) is 13.7. The van der Waals surface area contributed by atoms with Crippen molar-refractivity contribution in [3.63, 3.8) is 0 Å². The molecule has 0 aromatic carbocycles. The van der Waals surface area contributed by atoms with Gasteiger partial charge in [-0.25, -0.2) is 4.79 Å². The van der Waals surface area contributed by atoms with Gasteiger partial charge in [0, 0.05) is 11.8 Å². The molecule has 102 valence electrons. The third-order valence-corrected chi connectivity index (χ3v) is 4.31. The van der Waals surface area contributed by atoms with Gasteiger partial charge in [0.25, 0.3) is 5.56 Å². The molecule has 2 saturated heterocycles. The zero-order valence-corrected chi connectivity index (χ0v) is 11.0. The van der Waals surface area contributed by atoms with Crippen LogP contribution in [0.3, 0.4) is 0 Å². The zero-order valence-electron chi connectivity index (χ0n) is 11.0. The maximum absolute atomic E-state index is 12.2. The highest BCUT2D eigenvalue weighted by molar-refractivity contribution is 5.90. The van der Waals surface area contributed by atoms with E-state index in [4.69, 9.17) is 4.74 Å². The number of fused-ring (bicyclic) bond motifs is 2. The molecule has 5 nitrogen and oxygen atoms in total. The number of aromatic carboxylic acids is 1. The average Bonchev–Trinajstić information content (AvgIpc) is 2.89. The van der Waals surface area contributed by atoms with Crippen LogP contribution in [0.5, 0.6) is 0 Å². The van der Waals surface area contributed by atoms with Gasteiger partial charge in [-0.2, -0.15) is 0 Å². The van der Waals surface area contributed by atoms with E-state index in [-0.39, 0.29) is 29.4 Å². The van der Waals surface area contributed by atoms with Crippen LogP contribution in [0.25, 0.3) is 0 Å². The molecule has 3 heterocycles. The Morgan fingerprint density at radius 3 is 2.68 bits per heavy atom. The van der Waals surface area contributed by atoms with Gasteiger partial charge < -0.3 is 14.4 Å². The summed E-state index contributed by atoms with van der Waals surface area (Å²) in [6.07, 6.45) is 3.11. The SMILES string of the molecule is Cc1cc(=O)n(C2CC3CCC2O3)c(C)c1C(=O)O. The molecule has 0 amide bonds. The van der Waals surface area contributed by atoms with Crippen LogP contribution in [0.4, 0.5) is 0 Å². The van der Waals surface area contributed by atoms with Crippen LogP contribution < -0.4 is 5.56 Å². The highest BCUT2D eigenvalue weighted by atomic mass is 16.5. The molecule has 2 bridgehead atoms. The molecule has 1 aromatic heterocycles. The minimum Gasteiger partial charge on any atom is -0.478 e. The number of ether oxygens (including phenoxy) is 1. The molecular formula is C14H17NO4. The number of carboxylic acids is 1. The van der Waals surface area contributed by atoms with E-state index in [0.717, 1.165) is 19.3 Å². The summed E-state index contributed by atoms with van der Waals surface area (Å²) in [4.78, 5) is 23.5. The number of rotatable bonds is 2. The van der Waals surface area contributed by atoms with E-state index in [9.17, 15) is 14.7 Å². The molecule has 1 N–H and O–H groups in total. The Morgan fingerprint density at radius 2 is 2.16 bits per heavy atom. The predicted octanol–water partition coefficient (Wildman–Crippen LogP) is 1.66. The van der Waals surface area contributed by atoms with Gasteiger partial charge >= 0.3 is 5.97 Å². The minimum atomic E-state index is -0.979. The van der Waals surface area contributed by atoms with Crippen LogP contribution >= 0.6 is 0 Å². The first-order valence-corrected chi connectivity index (χ1v) is 6.60. The van der Waals surface area contributed by atoms with E-state index in [1.807, 2.05) is 0 Å². The third-order valence-electron chi connectivity index (χ3n) is 4.31. The summed E-state index contributed by atoms with van der Waals surface area (Å²) in [5.41, 5.74) is 1.18. The van der Waals surface area contributed by atoms with Crippen LogP contribution in [-0.2, 0) is 4.74 Å². The molecule has 2 aliphatic rings. The number of nitrogens with zero attached hydrogens (tertiary/aromatic N) is 1. The van der Waals surface area contributed by atoms with Crippen molar-refractivity contribution in [3.8, 4) is 0 Å². The molecule has 3 unspecified atom stereocenters. The van der Waals surface area contributed by atoms with Gasteiger partial charge in [0.2, 0.25) is 0 Å². The number of carbonyl (C=O) groups is 1. The standard InChI is InChI=1S/C14H17NO4/c1-7-5-12(16)15(8(2)13(7)14(17)18)10-6-9-3-4-11(10)19-9/h5,9-11H,3-4,6H2,1-2H3,(H,17,18). The van der Waals surface area contributed by atoms with E-state index >= 15 is 0 Å². The van der Waals surface area contributed by atoms with Crippen LogP contribution in [0.2, 0.25) is 0 Å². The monoisotopic (exact) mass is 263 g/mol. The molecule has 3 atom stereocenters. The lowest BCUT2D eigenvalue weighted by atomic mass is 9.94. The minimum absolute atomic E-state index is 0.00931.